The maximum Gasteiger partial charge on any atom is 0.175 e. The molecule has 0 fully saturated rings. The lowest BCUT2D eigenvalue weighted by Gasteiger charge is -2.08. The lowest BCUT2D eigenvalue weighted by atomic mass is 10.0. The van der Waals surface area contributed by atoms with Gasteiger partial charge in [0.05, 0.1) is 11.4 Å². The van der Waals surface area contributed by atoms with E-state index in [-0.39, 0.29) is 11.5 Å². The number of benzene rings is 1. The van der Waals surface area contributed by atoms with E-state index >= 15 is 0 Å². The van der Waals surface area contributed by atoms with Gasteiger partial charge in [0.2, 0.25) is 0 Å². The van der Waals surface area contributed by atoms with E-state index in [1.165, 1.54) is 18.1 Å². The number of nitrogens with two attached hydrogens (primary N) is 1. The van der Waals surface area contributed by atoms with E-state index in [0.29, 0.717) is 0 Å². The van der Waals surface area contributed by atoms with Crippen molar-refractivity contribution in [1.82, 2.24) is 0 Å². The van der Waals surface area contributed by atoms with Crippen LogP contribution in [0.2, 0.25) is 0 Å². The Morgan fingerprint density at radius 2 is 2.00 bits per heavy atom. The van der Waals surface area contributed by atoms with Crippen LogP contribution < -0.4 is 5.73 Å². The number of hydrogen-bond acceptors (Lipinski definition) is 3. The number of allylic oxidation sites excluding steroid dienone is 4. The highest BCUT2D eigenvalue weighted by atomic mass is 16.1. The second-order valence-electron chi connectivity index (χ2n) is 5.60. The monoisotopic (exact) mass is 310 g/mol. The minimum absolute atomic E-state index is 0.144. The first-order chi connectivity index (χ1) is 10.9. The van der Waals surface area contributed by atoms with E-state index in [9.17, 15) is 4.79 Å². The van der Waals surface area contributed by atoms with Gasteiger partial charge in [-0.05, 0) is 49.6 Å². The number of carbonyl (C=O) groups excluding carboxylic acids is 1. The number of nitrogens with zero attached hydrogens (tertiary/aromatic N) is 1. The molecule has 0 aliphatic carbocycles. The minimum Gasteiger partial charge on any atom is -0.396 e. The molecule has 122 valence electrons. The lowest BCUT2D eigenvalue weighted by molar-refractivity contribution is -0.113. The summed E-state index contributed by atoms with van der Waals surface area (Å²) in [5.74, 6) is -0.144. The molecule has 0 unspecified atom stereocenters. The van der Waals surface area contributed by atoms with Crippen LogP contribution >= 0.6 is 0 Å². The molecular formula is C20H26N2O. The van der Waals surface area contributed by atoms with Crippen LogP contribution in [0, 0.1) is 13.8 Å². The molecule has 0 saturated carbocycles. The van der Waals surface area contributed by atoms with Crippen LogP contribution in [0.1, 0.15) is 43.4 Å². The summed E-state index contributed by atoms with van der Waals surface area (Å²) in [5.41, 5.74) is 11.1. The van der Waals surface area contributed by atoms with Crippen LogP contribution in [0.15, 0.2) is 53.7 Å². The van der Waals surface area contributed by atoms with Crippen LogP contribution in [-0.4, -0.2) is 11.5 Å². The van der Waals surface area contributed by atoms with Gasteiger partial charge in [0, 0.05) is 18.2 Å². The van der Waals surface area contributed by atoms with Crippen molar-refractivity contribution in [3.63, 3.8) is 0 Å². The standard InChI is InChI=1S/C20H26N2O/c1-6-8-18(13-19(21)16(5)23)22-20(9-7-2)17-11-10-14(3)15(4)12-17/h7,9-13H,2,6,8,21H2,1,3-5H3/b19-13-,20-9-,22-18-. The molecule has 0 bridgehead atoms. The Morgan fingerprint density at radius 1 is 1.30 bits per heavy atom. The molecule has 3 nitrogen and oxygen atoms in total. The van der Waals surface area contributed by atoms with Crippen molar-refractivity contribution in [3.05, 3.63) is 65.4 Å². The fourth-order valence-electron chi connectivity index (χ4n) is 2.06. The van der Waals surface area contributed by atoms with Gasteiger partial charge in [-0.25, -0.2) is 0 Å². The molecule has 1 aromatic rings. The number of carbonyl (C=O) groups is 1. The van der Waals surface area contributed by atoms with Gasteiger partial charge in [-0.15, -0.1) is 0 Å². The summed E-state index contributed by atoms with van der Waals surface area (Å²) in [7, 11) is 0. The van der Waals surface area contributed by atoms with Gasteiger partial charge in [-0.3, -0.25) is 9.79 Å². The highest BCUT2D eigenvalue weighted by molar-refractivity contribution is 6.05. The fraction of sp³-hybridized carbons (Fsp3) is 0.300. The average molecular weight is 310 g/mol. The molecule has 0 spiro atoms. The summed E-state index contributed by atoms with van der Waals surface area (Å²) in [4.78, 5) is 16.1. The Balaban J connectivity index is 3.33. The zero-order chi connectivity index (χ0) is 17.4. The minimum atomic E-state index is -0.144. The van der Waals surface area contributed by atoms with Crippen LogP contribution in [0.5, 0.6) is 0 Å². The molecule has 3 heteroatoms. The molecule has 0 atom stereocenters. The summed E-state index contributed by atoms with van der Waals surface area (Å²) in [6.45, 7) is 11.5. The smallest absolute Gasteiger partial charge is 0.175 e. The summed E-state index contributed by atoms with van der Waals surface area (Å²) < 4.78 is 0. The Morgan fingerprint density at radius 3 is 2.52 bits per heavy atom. The molecule has 2 N–H and O–H groups in total. The maximum atomic E-state index is 11.4. The molecular weight excluding hydrogens is 284 g/mol. The van der Waals surface area contributed by atoms with Crippen molar-refractivity contribution >= 4 is 17.2 Å². The first kappa shape index (κ1) is 18.6. The second kappa shape index (κ2) is 8.89. The first-order valence-corrected chi connectivity index (χ1v) is 7.85. The molecule has 0 aliphatic rings. The fourth-order valence-corrected chi connectivity index (χ4v) is 2.06. The number of aliphatic imine (C=N–C) groups is 1. The highest BCUT2D eigenvalue weighted by Crippen LogP contribution is 2.20. The Kier molecular flexibility index (Phi) is 7.20. The number of ketones is 1. The average Bonchev–Trinajstić information content (AvgIpc) is 2.49. The summed E-state index contributed by atoms with van der Waals surface area (Å²) in [6, 6.07) is 6.23. The molecule has 1 aromatic carbocycles. The van der Waals surface area contributed by atoms with Crippen molar-refractivity contribution in [3.8, 4) is 0 Å². The van der Waals surface area contributed by atoms with Gasteiger partial charge >= 0.3 is 0 Å². The number of hydrogen-bond donors (Lipinski definition) is 1. The molecule has 0 heterocycles. The predicted molar refractivity (Wildman–Crippen MR) is 99.4 cm³/mol. The Hall–Kier alpha value is -2.42. The predicted octanol–water partition coefficient (Wildman–Crippen LogP) is 4.50. The van der Waals surface area contributed by atoms with E-state index < -0.39 is 0 Å². The summed E-state index contributed by atoms with van der Waals surface area (Å²) in [6.07, 6.45) is 6.94. The van der Waals surface area contributed by atoms with Crippen molar-refractivity contribution in [1.29, 1.82) is 0 Å². The normalized spacial score (nSPS) is 13.1. The van der Waals surface area contributed by atoms with E-state index in [1.54, 1.807) is 12.2 Å². The first-order valence-electron chi connectivity index (χ1n) is 7.85. The van der Waals surface area contributed by atoms with Gasteiger partial charge in [-0.1, -0.05) is 38.1 Å². The molecule has 23 heavy (non-hydrogen) atoms. The topological polar surface area (TPSA) is 55.4 Å². The second-order valence-corrected chi connectivity index (χ2v) is 5.60. The Bertz CT molecular complexity index is 679. The summed E-state index contributed by atoms with van der Waals surface area (Å²) in [5, 5.41) is 0. The Labute approximate surface area is 139 Å². The maximum absolute atomic E-state index is 11.4. The third-order valence-corrected chi connectivity index (χ3v) is 3.58. The van der Waals surface area contributed by atoms with Gasteiger partial charge < -0.3 is 5.73 Å². The van der Waals surface area contributed by atoms with E-state index in [4.69, 9.17) is 10.7 Å². The van der Waals surface area contributed by atoms with Crippen molar-refractivity contribution in [2.24, 2.45) is 10.7 Å². The molecule has 0 aliphatic heterocycles. The molecule has 0 aromatic heterocycles. The van der Waals surface area contributed by atoms with Crippen LogP contribution in [0.3, 0.4) is 0 Å². The van der Waals surface area contributed by atoms with Crippen LogP contribution in [0.25, 0.3) is 5.70 Å². The van der Waals surface area contributed by atoms with Crippen molar-refractivity contribution in [2.45, 2.75) is 40.5 Å². The van der Waals surface area contributed by atoms with Crippen LogP contribution in [-0.2, 0) is 4.79 Å². The molecule has 0 radical (unpaired) electrons. The van der Waals surface area contributed by atoms with Crippen molar-refractivity contribution in [2.75, 3.05) is 0 Å². The zero-order valence-corrected chi connectivity index (χ0v) is 14.5. The third-order valence-electron chi connectivity index (χ3n) is 3.58. The van der Waals surface area contributed by atoms with E-state index in [2.05, 4.69) is 39.5 Å². The number of Topliss-reactive ketones (excluding diaryl/α,β-unsaturated/α-hetero) is 1. The number of rotatable bonds is 7. The van der Waals surface area contributed by atoms with Gasteiger partial charge in [-0.2, -0.15) is 0 Å². The quantitative estimate of drug-likeness (QED) is 0.458. The number of aryl methyl sites for hydroxylation is 2. The highest BCUT2D eigenvalue weighted by Gasteiger charge is 2.05. The molecule has 1 rings (SSSR count). The lowest BCUT2D eigenvalue weighted by Crippen LogP contribution is -2.10. The molecule has 0 saturated heterocycles. The van der Waals surface area contributed by atoms with Crippen LogP contribution in [0.4, 0.5) is 0 Å². The largest absolute Gasteiger partial charge is 0.396 e. The van der Waals surface area contributed by atoms with Gasteiger partial charge in [0.25, 0.3) is 0 Å². The van der Waals surface area contributed by atoms with Crippen molar-refractivity contribution < 1.29 is 4.79 Å². The zero-order valence-electron chi connectivity index (χ0n) is 14.5. The molecule has 0 amide bonds. The van der Waals surface area contributed by atoms with E-state index in [0.717, 1.165) is 29.8 Å². The van der Waals surface area contributed by atoms with Gasteiger partial charge in [0.15, 0.2) is 5.78 Å². The summed E-state index contributed by atoms with van der Waals surface area (Å²) >= 11 is 0. The third kappa shape index (κ3) is 5.70. The SMILES string of the molecule is C=C\C=C(/N=C(\C=C(/N)C(C)=O)CCC)c1ccc(C)c(C)c1. The van der Waals surface area contributed by atoms with E-state index in [1.807, 2.05) is 12.1 Å². The van der Waals surface area contributed by atoms with Gasteiger partial charge in [0.1, 0.15) is 0 Å².